The van der Waals surface area contributed by atoms with Crippen LogP contribution in [-0.4, -0.2) is 38.5 Å². The average molecular weight is 620 g/mol. The Balaban J connectivity index is 1.48. The summed E-state index contributed by atoms with van der Waals surface area (Å²) < 4.78 is 40.3. The molecule has 4 aromatic rings. The zero-order valence-electron chi connectivity index (χ0n) is 24.5. The Labute approximate surface area is 258 Å². The van der Waals surface area contributed by atoms with Crippen LogP contribution >= 0.6 is 11.6 Å². The third-order valence-electron chi connectivity index (χ3n) is 6.62. The molecular weight excluding hydrogens is 586 g/mol. The van der Waals surface area contributed by atoms with Gasteiger partial charge < -0.3 is 9.47 Å². The van der Waals surface area contributed by atoms with Crippen LogP contribution in [0.2, 0.25) is 5.02 Å². The summed E-state index contributed by atoms with van der Waals surface area (Å²) in [5.74, 6) is 0.485. The molecule has 1 amide bonds. The number of aryl methyl sites for hydroxylation is 3. The number of hydrazone groups is 1. The van der Waals surface area contributed by atoms with Crippen molar-refractivity contribution < 1.29 is 22.7 Å². The zero-order valence-corrected chi connectivity index (χ0v) is 26.1. The molecule has 43 heavy (non-hydrogen) atoms. The van der Waals surface area contributed by atoms with Gasteiger partial charge in [0, 0.05) is 11.6 Å². The molecule has 10 heteroatoms. The highest BCUT2D eigenvalue weighted by Gasteiger charge is 2.30. The fourth-order valence-corrected chi connectivity index (χ4v) is 6.64. The van der Waals surface area contributed by atoms with Crippen molar-refractivity contribution in [3.8, 4) is 11.5 Å². The first-order valence-electron chi connectivity index (χ1n) is 13.6. The fraction of sp³-hybridized carbons (Fsp3) is 0.212. The Morgan fingerprint density at radius 3 is 2.23 bits per heavy atom. The summed E-state index contributed by atoms with van der Waals surface area (Å²) in [5.41, 5.74) is 7.00. The first-order valence-corrected chi connectivity index (χ1v) is 15.4. The van der Waals surface area contributed by atoms with Crippen molar-refractivity contribution >= 4 is 33.7 Å². The summed E-state index contributed by atoms with van der Waals surface area (Å²) >= 11 is 6.02. The van der Waals surface area contributed by atoms with Gasteiger partial charge in [-0.15, -0.1) is 0 Å². The molecule has 1 N–H and O–H groups in total. The van der Waals surface area contributed by atoms with Crippen LogP contribution in [0.5, 0.6) is 11.5 Å². The number of ether oxygens (including phenoxy) is 2. The lowest BCUT2D eigenvalue weighted by molar-refractivity contribution is -0.121. The van der Waals surface area contributed by atoms with Crippen molar-refractivity contribution in [2.75, 3.05) is 13.7 Å². The average Bonchev–Trinajstić information content (AvgIpc) is 2.97. The third-order valence-corrected chi connectivity index (χ3v) is 8.97. The van der Waals surface area contributed by atoms with Crippen LogP contribution < -0.4 is 14.9 Å². The van der Waals surface area contributed by atoms with E-state index in [1.54, 1.807) is 63.4 Å². The Morgan fingerprint density at radius 2 is 1.58 bits per heavy atom. The highest BCUT2D eigenvalue weighted by Crippen LogP contribution is 2.29. The van der Waals surface area contributed by atoms with Gasteiger partial charge in [-0.3, -0.25) is 4.79 Å². The van der Waals surface area contributed by atoms with E-state index in [4.69, 9.17) is 21.1 Å². The SMILES string of the molecule is COc1cc(/C=N/NC(=O)CN(Cc2ccc(Cl)cc2)S(=O)(=O)c2c(C)cc(C)cc2C)ccc1OCc1ccccc1. The van der Waals surface area contributed by atoms with Gasteiger partial charge in [-0.2, -0.15) is 9.41 Å². The predicted octanol–water partition coefficient (Wildman–Crippen LogP) is 6.19. The van der Waals surface area contributed by atoms with E-state index >= 15 is 0 Å². The second-order valence-corrected chi connectivity index (χ2v) is 12.4. The molecule has 0 spiro atoms. The number of amides is 1. The summed E-state index contributed by atoms with van der Waals surface area (Å²) in [6.07, 6.45) is 1.45. The van der Waals surface area contributed by atoms with Crippen LogP contribution in [0.15, 0.2) is 94.9 Å². The molecule has 0 aromatic heterocycles. The van der Waals surface area contributed by atoms with E-state index < -0.39 is 22.5 Å². The molecule has 8 nitrogen and oxygen atoms in total. The molecule has 0 aliphatic rings. The van der Waals surface area contributed by atoms with E-state index in [9.17, 15) is 13.2 Å². The van der Waals surface area contributed by atoms with E-state index in [-0.39, 0.29) is 11.4 Å². The number of nitrogens with one attached hydrogen (secondary N) is 1. The lowest BCUT2D eigenvalue weighted by atomic mass is 10.1. The zero-order chi connectivity index (χ0) is 31.0. The molecule has 0 atom stereocenters. The van der Waals surface area contributed by atoms with E-state index in [0.29, 0.717) is 45.4 Å². The molecule has 0 fully saturated rings. The fourth-order valence-electron chi connectivity index (χ4n) is 4.72. The van der Waals surface area contributed by atoms with Crippen LogP contribution in [0, 0.1) is 20.8 Å². The largest absolute Gasteiger partial charge is 0.493 e. The maximum Gasteiger partial charge on any atom is 0.255 e. The minimum Gasteiger partial charge on any atom is -0.493 e. The van der Waals surface area contributed by atoms with Crippen LogP contribution in [-0.2, 0) is 28.0 Å². The van der Waals surface area contributed by atoms with Crippen LogP contribution in [0.4, 0.5) is 0 Å². The quantitative estimate of drug-likeness (QED) is 0.151. The molecule has 0 radical (unpaired) electrons. The van der Waals surface area contributed by atoms with Crippen molar-refractivity contribution in [1.82, 2.24) is 9.73 Å². The molecule has 4 aromatic carbocycles. The van der Waals surface area contributed by atoms with Crippen LogP contribution in [0.1, 0.15) is 33.4 Å². The lowest BCUT2D eigenvalue weighted by Gasteiger charge is -2.24. The Hall–Kier alpha value is -4.18. The normalized spacial score (nSPS) is 11.6. The van der Waals surface area contributed by atoms with E-state index in [1.807, 2.05) is 49.4 Å². The minimum absolute atomic E-state index is 0.0228. The summed E-state index contributed by atoms with van der Waals surface area (Å²) in [6, 6.07) is 25.5. The molecule has 0 aliphatic carbocycles. The number of sulfonamides is 1. The molecule has 0 saturated carbocycles. The van der Waals surface area contributed by atoms with Gasteiger partial charge in [-0.05, 0) is 78.9 Å². The monoisotopic (exact) mass is 619 g/mol. The standard InChI is InChI=1S/C33H34ClN3O5S/c1-23-16-24(2)33(25(3)17-23)43(39,40)37(20-26-10-13-29(34)14-11-26)21-32(38)36-35-19-28-12-15-30(31(18-28)41-4)42-22-27-8-6-5-7-9-27/h5-19H,20-22H2,1-4H3,(H,36,38)/b35-19+. The van der Waals surface area contributed by atoms with Gasteiger partial charge in [0.1, 0.15) is 6.61 Å². The second kappa shape index (κ2) is 14.3. The molecule has 4 rings (SSSR count). The first kappa shape index (κ1) is 31.7. The van der Waals surface area contributed by atoms with Crippen molar-refractivity contribution in [1.29, 1.82) is 0 Å². The number of halogens is 1. The number of rotatable bonds is 12. The number of nitrogens with zero attached hydrogens (tertiary/aromatic N) is 2. The third kappa shape index (κ3) is 8.44. The summed E-state index contributed by atoms with van der Waals surface area (Å²) in [7, 11) is -2.50. The molecular formula is C33H34ClN3O5S. The van der Waals surface area contributed by atoms with Crippen molar-refractivity contribution in [2.24, 2.45) is 5.10 Å². The number of methoxy groups -OCH3 is 1. The Kier molecular flexibility index (Phi) is 10.6. The number of hydrogen-bond acceptors (Lipinski definition) is 6. The molecule has 0 aliphatic heterocycles. The molecule has 0 heterocycles. The maximum atomic E-state index is 13.9. The number of hydrogen-bond donors (Lipinski definition) is 1. The minimum atomic E-state index is -4.04. The summed E-state index contributed by atoms with van der Waals surface area (Å²) in [6.45, 7) is 5.34. The van der Waals surface area contributed by atoms with Gasteiger partial charge in [0.2, 0.25) is 10.0 Å². The molecule has 224 valence electrons. The van der Waals surface area contributed by atoms with Gasteiger partial charge in [-0.25, -0.2) is 13.8 Å². The number of carbonyl (C=O) groups is 1. The molecule has 0 unspecified atom stereocenters. The van der Waals surface area contributed by atoms with Crippen molar-refractivity contribution in [3.05, 3.63) is 123 Å². The topological polar surface area (TPSA) is 97.3 Å². The summed E-state index contributed by atoms with van der Waals surface area (Å²) in [5, 5.41) is 4.58. The number of carbonyl (C=O) groups excluding carboxylic acids is 1. The van der Waals surface area contributed by atoms with Crippen LogP contribution in [0.25, 0.3) is 0 Å². The van der Waals surface area contributed by atoms with Crippen molar-refractivity contribution in [2.45, 2.75) is 38.8 Å². The van der Waals surface area contributed by atoms with Gasteiger partial charge in [0.05, 0.1) is 24.8 Å². The van der Waals surface area contributed by atoms with E-state index in [2.05, 4.69) is 10.5 Å². The van der Waals surface area contributed by atoms with Gasteiger partial charge in [0.15, 0.2) is 11.5 Å². The van der Waals surface area contributed by atoms with Gasteiger partial charge >= 0.3 is 0 Å². The van der Waals surface area contributed by atoms with Crippen molar-refractivity contribution in [3.63, 3.8) is 0 Å². The highest BCUT2D eigenvalue weighted by molar-refractivity contribution is 7.89. The smallest absolute Gasteiger partial charge is 0.255 e. The Morgan fingerprint density at radius 1 is 0.907 bits per heavy atom. The van der Waals surface area contributed by atoms with Crippen LogP contribution in [0.3, 0.4) is 0 Å². The molecule has 0 saturated heterocycles. The Bertz CT molecular complexity index is 1690. The predicted molar refractivity (Wildman–Crippen MR) is 169 cm³/mol. The summed E-state index contributed by atoms with van der Waals surface area (Å²) in [4.78, 5) is 13.2. The maximum absolute atomic E-state index is 13.9. The lowest BCUT2D eigenvalue weighted by Crippen LogP contribution is -2.39. The van der Waals surface area contributed by atoms with E-state index in [0.717, 1.165) is 15.4 Å². The van der Waals surface area contributed by atoms with Gasteiger partial charge in [-0.1, -0.05) is 71.8 Å². The second-order valence-electron chi connectivity index (χ2n) is 10.1. The number of benzene rings is 4. The molecule has 0 bridgehead atoms. The first-order chi connectivity index (χ1) is 20.6. The van der Waals surface area contributed by atoms with E-state index in [1.165, 1.54) is 6.21 Å². The van der Waals surface area contributed by atoms with Gasteiger partial charge in [0.25, 0.3) is 5.91 Å². The highest BCUT2D eigenvalue weighted by atomic mass is 35.5.